The first-order valence-corrected chi connectivity index (χ1v) is 5.09. The van der Waals surface area contributed by atoms with Crippen LogP contribution in [0.5, 0.6) is 0 Å². The van der Waals surface area contributed by atoms with E-state index < -0.39 is 11.0 Å². The second kappa shape index (κ2) is 5.91. The van der Waals surface area contributed by atoms with Gasteiger partial charge < -0.3 is 5.11 Å². The highest BCUT2D eigenvalue weighted by Gasteiger charge is 2.04. The molecule has 0 heterocycles. The van der Waals surface area contributed by atoms with Crippen LogP contribution in [0.15, 0.2) is 30.3 Å². The topological polar surface area (TPSA) is 80.4 Å². The number of nitro groups is 1. The third-order valence-electron chi connectivity index (χ3n) is 2.11. The van der Waals surface area contributed by atoms with Gasteiger partial charge in [0.15, 0.2) is 0 Å². The van der Waals surface area contributed by atoms with E-state index >= 15 is 0 Å². The Hall–Kier alpha value is -2.01. The Morgan fingerprint density at radius 3 is 2.53 bits per heavy atom. The molecule has 1 rings (SSSR count). The number of nitrogens with zero attached hydrogens (tertiary/aromatic N) is 1. The lowest BCUT2D eigenvalue weighted by Crippen LogP contribution is -2.07. The number of nitro benzene ring substituents is 1. The molecule has 0 radical (unpaired) electrons. The van der Waals surface area contributed by atoms with E-state index in [-0.39, 0.29) is 17.9 Å². The van der Waals surface area contributed by atoms with Gasteiger partial charge in [-0.05, 0) is 24.6 Å². The summed E-state index contributed by atoms with van der Waals surface area (Å²) in [6, 6.07) is 5.93. The minimum atomic E-state index is -0.817. The SMILES string of the molecule is CC(=O)C[C@H](O)C=Cc1ccc([N+](=O)[O-])cc1. The number of benzene rings is 1. The normalized spacial score (nSPS) is 12.6. The molecule has 1 N–H and O–H groups in total. The lowest BCUT2D eigenvalue weighted by Gasteiger charge is -2.01. The fourth-order valence-corrected chi connectivity index (χ4v) is 1.29. The first-order chi connectivity index (χ1) is 7.99. The number of Topliss-reactive ketones (excluding diaryl/α,β-unsaturated/α-hetero) is 1. The lowest BCUT2D eigenvalue weighted by molar-refractivity contribution is -0.384. The molecule has 0 amide bonds. The molecule has 0 aliphatic carbocycles. The maximum Gasteiger partial charge on any atom is 0.269 e. The Balaban J connectivity index is 2.65. The van der Waals surface area contributed by atoms with Gasteiger partial charge in [0.05, 0.1) is 11.0 Å². The standard InChI is InChI=1S/C12H13NO4/c1-9(14)8-12(15)7-4-10-2-5-11(6-3-10)13(16)17/h2-7,12,15H,8H2,1H3/t12-/m1/s1. The predicted octanol–water partition coefficient (Wildman–Crippen LogP) is 1.95. The maximum atomic E-state index is 10.7. The smallest absolute Gasteiger partial charge is 0.269 e. The van der Waals surface area contributed by atoms with Crippen LogP contribution in [0.4, 0.5) is 5.69 Å². The van der Waals surface area contributed by atoms with Crippen molar-refractivity contribution in [3.63, 3.8) is 0 Å². The molecular formula is C12H13NO4. The monoisotopic (exact) mass is 235 g/mol. The van der Waals surface area contributed by atoms with Crippen LogP contribution in [-0.2, 0) is 4.79 Å². The van der Waals surface area contributed by atoms with Gasteiger partial charge in [-0.2, -0.15) is 0 Å². The molecule has 0 unspecified atom stereocenters. The maximum absolute atomic E-state index is 10.7. The fraction of sp³-hybridized carbons (Fsp3) is 0.250. The Kier molecular flexibility index (Phi) is 4.54. The van der Waals surface area contributed by atoms with Crippen LogP contribution in [0.1, 0.15) is 18.9 Å². The summed E-state index contributed by atoms with van der Waals surface area (Å²) in [6.07, 6.45) is 2.37. The average molecular weight is 235 g/mol. The summed E-state index contributed by atoms with van der Waals surface area (Å²) in [4.78, 5) is 20.7. The van der Waals surface area contributed by atoms with Crippen LogP contribution >= 0.6 is 0 Å². The molecule has 0 spiro atoms. The number of carbonyl (C=O) groups excluding carboxylic acids is 1. The molecule has 0 aliphatic heterocycles. The molecule has 0 aliphatic rings. The Morgan fingerprint density at radius 1 is 1.47 bits per heavy atom. The average Bonchev–Trinajstić information content (AvgIpc) is 2.26. The second-order valence-corrected chi connectivity index (χ2v) is 3.68. The number of non-ortho nitro benzene ring substituents is 1. The van der Waals surface area contributed by atoms with Gasteiger partial charge in [-0.25, -0.2) is 0 Å². The Morgan fingerprint density at radius 2 is 2.06 bits per heavy atom. The third-order valence-corrected chi connectivity index (χ3v) is 2.11. The molecule has 5 heteroatoms. The summed E-state index contributed by atoms with van der Waals surface area (Å²) in [5.41, 5.74) is 0.754. The van der Waals surface area contributed by atoms with Gasteiger partial charge in [0, 0.05) is 18.6 Å². The van der Waals surface area contributed by atoms with E-state index in [0.29, 0.717) is 0 Å². The zero-order chi connectivity index (χ0) is 12.8. The van der Waals surface area contributed by atoms with Crippen molar-refractivity contribution in [1.82, 2.24) is 0 Å². The molecule has 5 nitrogen and oxygen atoms in total. The lowest BCUT2D eigenvalue weighted by atomic mass is 10.1. The summed E-state index contributed by atoms with van der Waals surface area (Å²) in [5.74, 6) is -0.0918. The summed E-state index contributed by atoms with van der Waals surface area (Å²) in [6.45, 7) is 1.41. The molecule has 1 aromatic carbocycles. The van der Waals surface area contributed by atoms with Gasteiger partial charge in [-0.15, -0.1) is 0 Å². The Labute approximate surface area is 98.5 Å². The van der Waals surface area contributed by atoms with Gasteiger partial charge in [-0.1, -0.05) is 12.2 Å². The van der Waals surface area contributed by atoms with Crippen LogP contribution in [0.25, 0.3) is 6.08 Å². The molecule has 17 heavy (non-hydrogen) atoms. The van der Waals surface area contributed by atoms with Gasteiger partial charge in [-0.3, -0.25) is 14.9 Å². The summed E-state index contributed by atoms with van der Waals surface area (Å²) in [5, 5.41) is 19.8. The predicted molar refractivity (Wildman–Crippen MR) is 63.4 cm³/mol. The summed E-state index contributed by atoms with van der Waals surface area (Å²) >= 11 is 0. The molecular weight excluding hydrogens is 222 g/mol. The van der Waals surface area contributed by atoms with E-state index in [9.17, 15) is 20.0 Å². The van der Waals surface area contributed by atoms with Crippen molar-refractivity contribution in [2.45, 2.75) is 19.4 Å². The van der Waals surface area contributed by atoms with Crippen molar-refractivity contribution in [2.24, 2.45) is 0 Å². The van der Waals surface area contributed by atoms with Crippen molar-refractivity contribution in [3.8, 4) is 0 Å². The molecule has 0 saturated carbocycles. The van der Waals surface area contributed by atoms with Crippen molar-refractivity contribution in [2.75, 3.05) is 0 Å². The summed E-state index contributed by atoms with van der Waals surface area (Å²) < 4.78 is 0. The first-order valence-electron chi connectivity index (χ1n) is 5.09. The Bertz CT molecular complexity index is 436. The third kappa shape index (κ3) is 4.56. The number of hydrogen-bond donors (Lipinski definition) is 1. The van der Waals surface area contributed by atoms with Crippen molar-refractivity contribution in [3.05, 3.63) is 46.0 Å². The number of aliphatic hydroxyl groups excluding tert-OH is 1. The molecule has 1 aromatic rings. The minimum Gasteiger partial charge on any atom is -0.389 e. The van der Waals surface area contributed by atoms with Gasteiger partial charge in [0.2, 0.25) is 0 Å². The quantitative estimate of drug-likeness (QED) is 0.624. The highest BCUT2D eigenvalue weighted by molar-refractivity contribution is 5.76. The number of rotatable bonds is 5. The highest BCUT2D eigenvalue weighted by atomic mass is 16.6. The molecule has 1 atom stereocenters. The fourth-order valence-electron chi connectivity index (χ4n) is 1.29. The van der Waals surface area contributed by atoms with E-state index in [1.807, 2.05) is 0 Å². The van der Waals surface area contributed by atoms with Crippen LogP contribution in [-0.4, -0.2) is 21.9 Å². The molecule has 0 bridgehead atoms. The van der Waals surface area contributed by atoms with Gasteiger partial charge in [0.1, 0.15) is 5.78 Å². The van der Waals surface area contributed by atoms with Crippen molar-refractivity contribution < 1.29 is 14.8 Å². The summed E-state index contributed by atoms with van der Waals surface area (Å²) in [7, 11) is 0. The van der Waals surface area contributed by atoms with Gasteiger partial charge in [0.25, 0.3) is 5.69 Å². The van der Waals surface area contributed by atoms with E-state index in [1.165, 1.54) is 25.1 Å². The van der Waals surface area contributed by atoms with E-state index in [2.05, 4.69) is 0 Å². The van der Waals surface area contributed by atoms with E-state index in [4.69, 9.17) is 0 Å². The van der Waals surface area contributed by atoms with Crippen LogP contribution in [0.2, 0.25) is 0 Å². The molecule has 0 saturated heterocycles. The molecule has 0 fully saturated rings. The van der Waals surface area contributed by atoms with Crippen LogP contribution < -0.4 is 0 Å². The minimum absolute atomic E-state index is 0.0198. The largest absolute Gasteiger partial charge is 0.389 e. The van der Waals surface area contributed by atoms with Crippen LogP contribution in [0.3, 0.4) is 0 Å². The number of ketones is 1. The zero-order valence-corrected chi connectivity index (χ0v) is 9.37. The van der Waals surface area contributed by atoms with Crippen LogP contribution in [0, 0.1) is 10.1 Å². The molecule has 0 aromatic heterocycles. The van der Waals surface area contributed by atoms with Crippen molar-refractivity contribution >= 4 is 17.5 Å². The van der Waals surface area contributed by atoms with Crippen molar-refractivity contribution in [1.29, 1.82) is 0 Å². The first kappa shape index (κ1) is 13.1. The molecule has 90 valence electrons. The number of carbonyl (C=O) groups is 1. The number of aliphatic hydroxyl groups is 1. The van der Waals surface area contributed by atoms with Gasteiger partial charge >= 0.3 is 0 Å². The van der Waals surface area contributed by atoms with E-state index in [0.717, 1.165) is 5.56 Å². The number of hydrogen-bond acceptors (Lipinski definition) is 4. The highest BCUT2D eigenvalue weighted by Crippen LogP contribution is 2.13. The zero-order valence-electron chi connectivity index (χ0n) is 9.37. The van der Waals surface area contributed by atoms with E-state index in [1.54, 1.807) is 18.2 Å². The second-order valence-electron chi connectivity index (χ2n) is 3.68.